The van der Waals surface area contributed by atoms with Crippen molar-refractivity contribution in [1.29, 1.82) is 0 Å². The van der Waals surface area contributed by atoms with Gasteiger partial charge in [0.2, 0.25) is 0 Å². The molecule has 0 saturated heterocycles. The maximum Gasteiger partial charge on any atom is 0.130 e. The molecule has 1 aliphatic carbocycles. The molecule has 0 N–H and O–H groups in total. The van der Waals surface area contributed by atoms with E-state index >= 15 is 0 Å². The van der Waals surface area contributed by atoms with Crippen LogP contribution >= 0.6 is 0 Å². The van der Waals surface area contributed by atoms with Crippen LogP contribution in [0.15, 0.2) is 48.5 Å². The van der Waals surface area contributed by atoms with Gasteiger partial charge < -0.3 is 4.79 Å². The van der Waals surface area contributed by atoms with E-state index < -0.39 is 0 Å². The molecule has 1 aliphatic rings. The number of rotatable bonds is 2. The largest absolute Gasteiger partial charge is 0.300 e. The molecule has 0 aromatic heterocycles. The highest BCUT2D eigenvalue weighted by Crippen LogP contribution is 2.35. The second-order valence-electron chi connectivity index (χ2n) is 6.60. The van der Waals surface area contributed by atoms with Crippen LogP contribution in [0.4, 0.5) is 0 Å². The molecule has 110 valence electrons. The lowest BCUT2D eigenvalue weighted by molar-refractivity contribution is -0.117. The number of carbonyl (C=O) groups is 1. The molecule has 4 rings (SSSR count). The molecular weight excluding hydrogens is 268 g/mol. The highest BCUT2D eigenvalue weighted by Gasteiger charge is 2.21. The number of ketones is 1. The monoisotopic (exact) mass is 288 g/mol. The number of hydrogen-bond donors (Lipinski definition) is 0. The van der Waals surface area contributed by atoms with Crippen molar-refractivity contribution in [3.63, 3.8) is 0 Å². The normalized spacial score (nSPS) is 17.6. The second kappa shape index (κ2) is 5.24. The fourth-order valence-corrected chi connectivity index (χ4v) is 4.02. The van der Waals surface area contributed by atoms with Crippen LogP contribution in [0.1, 0.15) is 30.9 Å². The lowest BCUT2D eigenvalue weighted by atomic mass is 9.79. The van der Waals surface area contributed by atoms with Crippen LogP contribution in [-0.2, 0) is 17.6 Å². The molecule has 0 spiro atoms. The summed E-state index contributed by atoms with van der Waals surface area (Å²) in [4.78, 5) is 11.4. The molecule has 3 aromatic carbocycles. The summed E-state index contributed by atoms with van der Waals surface area (Å²) < 4.78 is 0. The Balaban J connectivity index is 1.84. The van der Waals surface area contributed by atoms with E-state index in [-0.39, 0.29) is 0 Å². The Labute approximate surface area is 131 Å². The SMILES string of the molecule is CC(=O)C[C@H]1CCc2c(ccc3c2ccc2ccccc23)C1. The Morgan fingerprint density at radius 1 is 1.00 bits per heavy atom. The van der Waals surface area contributed by atoms with E-state index in [0.29, 0.717) is 11.7 Å². The number of carbonyl (C=O) groups excluding carboxylic acids is 1. The first kappa shape index (κ1) is 13.5. The summed E-state index contributed by atoms with van der Waals surface area (Å²) in [6.07, 6.45) is 4.02. The minimum atomic E-state index is 0.320. The molecule has 0 radical (unpaired) electrons. The summed E-state index contributed by atoms with van der Waals surface area (Å²) in [7, 11) is 0. The second-order valence-corrected chi connectivity index (χ2v) is 6.60. The maximum atomic E-state index is 11.4. The molecule has 0 heterocycles. The molecule has 0 saturated carbocycles. The lowest BCUT2D eigenvalue weighted by Gasteiger charge is -2.25. The smallest absolute Gasteiger partial charge is 0.130 e. The minimum Gasteiger partial charge on any atom is -0.300 e. The Hall–Kier alpha value is -2.15. The van der Waals surface area contributed by atoms with Crippen molar-refractivity contribution in [2.45, 2.75) is 32.6 Å². The first-order chi connectivity index (χ1) is 10.7. The third kappa shape index (κ3) is 2.21. The number of Topliss-reactive ketones (excluding diaryl/α,β-unsaturated/α-hetero) is 1. The highest BCUT2D eigenvalue weighted by molar-refractivity contribution is 6.08. The average molecular weight is 288 g/mol. The number of hydrogen-bond acceptors (Lipinski definition) is 1. The van der Waals surface area contributed by atoms with Gasteiger partial charge in [-0.3, -0.25) is 0 Å². The van der Waals surface area contributed by atoms with Crippen LogP contribution in [0.3, 0.4) is 0 Å². The summed E-state index contributed by atoms with van der Waals surface area (Å²) in [6.45, 7) is 1.71. The van der Waals surface area contributed by atoms with Gasteiger partial charge in [-0.15, -0.1) is 0 Å². The molecule has 0 amide bonds. The number of fused-ring (bicyclic) bond motifs is 5. The van der Waals surface area contributed by atoms with Crippen molar-refractivity contribution in [2.24, 2.45) is 5.92 Å². The van der Waals surface area contributed by atoms with E-state index in [1.807, 2.05) is 0 Å². The molecule has 1 nitrogen and oxygen atoms in total. The van der Waals surface area contributed by atoms with Crippen molar-refractivity contribution in [2.75, 3.05) is 0 Å². The quantitative estimate of drug-likeness (QED) is 0.601. The Kier molecular flexibility index (Phi) is 3.22. The molecule has 22 heavy (non-hydrogen) atoms. The minimum absolute atomic E-state index is 0.320. The molecule has 0 bridgehead atoms. The van der Waals surface area contributed by atoms with Crippen LogP contribution in [0, 0.1) is 5.92 Å². The molecule has 0 unspecified atom stereocenters. The van der Waals surface area contributed by atoms with E-state index in [1.54, 1.807) is 6.92 Å². The van der Waals surface area contributed by atoms with Crippen LogP contribution in [0.2, 0.25) is 0 Å². The molecule has 1 atom stereocenters. The molecule has 0 aliphatic heterocycles. The summed E-state index contributed by atoms with van der Waals surface area (Å²) >= 11 is 0. The maximum absolute atomic E-state index is 11.4. The van der Waals surface area contributed by atoms with Crippen LogP contribution in [-0.4, -0.2) is 5.78 Å². The lowest BCUT2D eigenvalue weighted by Crippen LogP contribution is -2.17. The predicted octanol–water partition coefficient (Wildman–Crippen LogP) is 5.08. The van der Waals surface area contributed by atoms with Gasteiger partial charge in [-0.2, -0.15) is 0 Å². The molecule has 1 heteroatoms. The van der Waals surface area contributed by atoms with E-state index in [9.17, 15) is 4.79 Å². The average Bonchev–Trinajstić information content (AvgIpc) is 2.53. The highest BCUT2D eigenvalue weighted by atomic mass is 16.1. The third-order valence-corrected chi connectivity index (χ3v) is 5.02. The third-order valence-electron chi connectivity index (χ3n) is 5.02. The Bertz CT molecular complexity index is 876. The van der Waals surface area contributed by atoms with Crippen LogP contribution in [0.5, 0.6) is 0 Å². The molecule has 3 aromatic rings. The summed E-state index contributed by atoms with van der Waals surface area (Å²) in [6, 6.07) is 17.7. The van der Waals surface area contributed by atoms with Gasteiger partial charge in [-0.05, 0) is 64.8 Å². The number of aryl methyl sites for hydroxylation is 1. The van der Waals surface area contributed by atoms with Crippen molar-refractivity contribution in [1.82, 2.24) is 0 Å². The summed E-state index contributed by atoms with van der Waals surface area (Å²) in [5.74, 6) is 0.850. The Morgan fingerprint density at radius 2 is 1.82 bits per heavy atom. The predicted molar refractivity (Wildman–Crippen MR) is 92.3 cm³/mol. The zero-order valence-corrected chi connectivity index (χ0v) is 12.9. The van der Waals surface area contributed by atoms with Gasteiger partial charge >= 0.3 is 0 Å². The fourth-order valence-electron chi connectivity index (χ4n) is 4.02. The number of benzene rings is 3. The van der Waals surface area contributed by atoms with Gasteiger partial charge in [0.1, 0.15) is 5.78 Å². The topological polar surface area (TPSA) is 17.1 Å². The van der Waals surface area contributed by atoms with Crippen molar-refractivity contribution in [3.05, 3.63) is 59.7 Å². The van der Waals surface area contributed by atoms with E-state index in [1.165, 1.54) is 32.7 Å². The standard InChI is InChI=1S/C21H20O/c1-14(22)12-15-6-9-19-17(13-15)8-11-20-18-5-3-2-4-16(18)7-10-21(19)20/h2-5,7-8,10-11,15H,6,9,12-13H2,1H3/t15-/m1/s1. The van der Waals surface area contributed by atoms with Crippen molar-refractivity contribution in [3.8, 4) is 0 Å². The Morgan fingerprint density at radius 3 is 2.68 bits per heavy atom. The van der Waals surface area contributed by atoms with Gasteiger partial charge in [-0.1, -0.05) is 48.5 Å². The van der Waals surface area contributed by atoms with E-state index in [2.05, 4.69) is 48.5 Å². The van der Waals surface area contributed by atoms with Crippen LogP contribution in [0.25, 0.3) is 21.5 Å². The van der Waals surface area contributed by atoms with Gasteiger partial charge in [0.15, 0.2) is 0 Å². The molecular formula is C21H20O. The first-order valence-electron chi connectivity index (χ1n) is 8.14. The van der Waals surface area contributed by atoms with Crippen molar-refractivity contribution >= 4 is 27.3 Å². The van der Waals surface area contributed by atoms with E-state index in [0.717, 1.165) is 25.7 Å². The zero-order valence-electron chi connectivity index (χ0n) is 12.9. The van der Waals surface area contributed by atoms with Crippen molar-refractivity contribution < 1.29 is 4.79 Å². The summed E-state index contributed by atoms with van der Waals surface area (Å²) in [5, 5.41) is 5.41. The van der Waals surface area contributed by atoms with E-state index in [4.69, 9.17) is 0 Å². The first-order valence-corrected chi connectivity index (χ1v) is 8.14. The van der Waals surface area contributed by atoms with Gasteiger partial charge in [0.05, 0.1) is 0 Å². The van der Waals surface area contributed by atoms with Crippen LogP contribution < -0.4 is 0 Å². The van der Waals surface area contributed by atoms with Gasteiger partial charge in [-0.25, -0.2) is 0 Å². The van der Waals surface area contributed by atoms with Gasteiger partial charge in [0, 0.05) is 6.42 Å². The zero-order chi connectivity index (χ0) is 15.1. The van der Waals surface area contributed by atoms with Gasteiger partial charge in [0.25, 0.3) is 0 Å². The molecule has 0 fully saturated rings. The summed E-state index contributed by atoms with van der Waals surface area (Å²) in [5.41, 5.74) is 2.95. The fraction of sp³-hybridized carbons (Fsp3) is 0.286.